The van der Waals surface area contributed by atoms with E-state index in [-0.39, 0.29) is 12.3 Å². The number of nitrogens with zero attached hydrogens (tertiary/aromatic N) is 3. The maximum Gasteiger partial charge on any atom is 0.303 e. The first kappa shape index (κ1) is 23.5. The third kappa shape index (κ3) is 5.44. The van der Waals surface area contributed by atoms with Crippen molar-refractivity contribution in [2.75, 3.05) is 14.1 Å². The van der Waals surface area contributed by atoms with E-state index in [0.29, 0.717) is 39.5 Å². The number of aryl methyl sites for hydroxylation is 1. The summed E-state index contributed by atoms with van der Waals surface area (Å²) in [7, 11) is 4.03. The average molecular weight is 477 g/mol. The van der Waals surface area contributed by atoms with Gasteiger partial charge in [-0.1, -0.05) is 29.8 Å². The monoisotopic (exact) mass is 476 g/mol. The number of rotatable bonds is 8. The molecule has 0 atom stereocenters. The maximum atomic E-state index is 10.9. The number of aliphatic imine (C=N–C) groups is 1. The lowest BCUT2D eigenvalue weighted by atomic mass is 10.0. The summed E-state index contributed by atoms with van der Waals surface area (Å²) in [6.07, 6.45) is 2.01. The van der Waals surface area contributed by atoms with Gasteiger partial charge in [0.2, 0.25) is 0 Å². The predicted octanol–water partition coefficient (Wildman–Crippen LogP) is 5.17. The minimum Gasteiger partial charge on any atom is -0.494 e. The Balaban J connectivity index is 1.80. The van der Waals surface area contributed by atoms with Crippen LogP contribution in [0.15, 0.2) is 65.8 Å². The van der Waals surface area contributed by atoms with Gasteiger partial charge in [0.15, 0.2) is 5.88 Å². The number of carbonyl (C=O) groups is 1. The molecular formula is C26H25ClN4O3. The molecule has 2 aromatic heterocycles. The molecule has 7 nitrogen and oxygen atoms in total. The van der Waals surface area contributed by atoms with E-state index in [4.69, 9.17) is 21.7 Å². The molecule has 0 bridgehead atoms. The molecule has 4 rings (SSSR count). The molecule has 0 saturated heterocycles. The number of hydrogen-bond donors (Lipinski definition) is 3. The average Bonchev–Trinajstić information content (AvgIpc) is 3.11. The largest absolute Gasteiger partial charge is 0.494 e. The van der Waals surface area contributed by atoms with Crippen LogP contribution < -0.4 is 0 Å². The van der Waals surface area contributed by atoms with Gasteiger partial charge in [0.25, 0.3) is 0 Å². The van der Waals surface area contributed by atoms with Gasteiger partial charge in [-0.05, 0) is 56.1 Å². The Hall–Kier alpha value is -3.68. The lowest BCUT2D eigenvalue weighted by Gasteiger charge is -2.11. The molecular weight excluding hydrogens is 452 g/mol. The molecule has 0 aliphatic rings. The van der Waals surface area contributed by atoms with Crippen LogP contribution in [0.4, 0.5) is 5.69 Å². The van der Waals surface area contributed by atoms with Gasteiger partial charge in [0, 0.05) is 40.8 Å². The normalized spacial score (nSPS) is 11.9. The van der Waals surface area contributed by atoms with Crippen LogP contribution in [0, 0.1) is 0 Å². The van der Waals surface area contributed by atoms with Crippen molar-refractivity contribution in [1.29, 1.82) is 0 Å². The van der Waals surface area contributed by atoms with Crippen LogP contribution in [0.3, 0.4) is 0 Å². The molecule has 2 aromatic carbocycles. The van der Waals surface area contributed by atoms with Crippen LogP contribution in [0.1, 0.15) is 28.8 Å². The molecule has 0 aliphatic heterocycles. The first-order chi connectivity index (χ1) is 16.3. The quantitative estimate of drug-likeness (QED) is 0.304. The first-order valence-electron chi connectivity index (χ1n) is 10.8. The summed E-state index contributed by atoms with van der Waals surface area (Å²) >= 11 is 6.14. The van der Waals surface area contributed by atoms with Crippen molar-refractivity contribution in [3.63, 3.8) is 0 Å². The number of benzene rings is 2. The summed E-state index contributed by atoms with van der Waals surface area (Å²) in [5, 5.41) is 21.1. The van der Waals surface area contributed by atoms with Crippen molar-refractivity contribution >= 4 is 39.9 Å². The zero-order chi connectivity index (χ0) is 24.2. The van der Waals surface area contributed by atoms with Crippen molar-refractivity contribution < 1.29 is 15.0 Å². The number of aromatic nitrogens is 2. The Labute approximate surface area is 202 Å². The van der Waals surface area contributed by atoms with Crippen molar-refractivity contribution in [2.24, 2.45) is 4.99 Å². The van der Waals surface area contributed by atoms with Crippen molar-refractivity contribution in [3.8, 4) is 5.88 Å². The Kier molecular flexibility index (Phi) is 6.95. The number of aliphatic carboxylic acids is 1. The van der Waals surface area contributed by atoms with Gasteiger partial charge in [-0.2, -0.15) is 0 Å². The lowest BCUT2D eigenvalue weighted by molar-refractivity contribution is -0.136. The molecule has 0 saturated carbocycles. The highest BCUT2D eigenvalue weighted by atomic mass is 35.5. The molecule has 174 valence electrons. The zero-order valence-corrected chi connectivity index (χ0v) is 19.7. The SMILES string of the molecule is CN(C)Cc1ccc(N=C(c2ccc(CCC(=O)O)nc2)c2c(O)[nH]c3cc(Cl)ccc23)cc1. The van der Waals surface area contributed by atoms with Crippen molar-refractivity contribution in [2.45, 2.75) is 19.4 Å². The standard InChI is InChI=1S/C26H25ClN4O3/c1-31(2)15-16-3-7-20(8-4-16)29-25(17-5-9-19(28-14-17)10-12-23(32)33)24-21-11-6-18(27)13-22(21)30-26(24)34/h3-9,11,13-14,30,34H,10,12,15H2,1-2H3,(H,32,33). The lowest BCUT2D eigenvalue weighted by Crippen LogP contribution is -2.10. The van der Waals surface area contributed by atoms with Gasteiger partial charge in [0.1, 0.15) is 0 Å². The van der Waals surface area contributed by atoms with Gasteiger partial charge >= 0.3 is 5.97 Å². The Morgan fingerprint density at radius 3 is 2.53 bits per heavy atom. The highest BCUT2D eigenvalue weighted by molar-refractivity contribution is 6.31. The summed E-state index contributed by atoms with van der Waals surface area (Å²) in [6, 6.07) is 16.9. The number of pyridine rings is 1. The van der Waals surface area contributed by atoms with E-state index in [2.05, 4.69) is 14.9 Å². The number of carboxylic acids is 1. The van der Waals surface area contributed by atoms with E-state index in [1.54, 1.807) is 24.4 Å². The van der Waals surface area contributed by atoms with E-state index in [9.17, 15) is 9.90 Å². The third-order valence-electron chi connectivity index (χ3n) is 5.35. The summed E-state index contributed by atoms with van der Waals surface area (Å²) in [5.74, 6) is -0.886. The number of halogens is 1. The number of fused-ring (bicyclic) bond motifs is 1. The molecule has 2 heterocycles. The number of nitrogens with one attached hydrogen (secondary N) is 1. The Morgan fingerprint density at radius 1 is 1.12 bits per heavy atom. The Morgan fingerprint density at radius 2 is 1.88 bits per heavy atom. The molecule has 4 aromatic rings. The first-order valence-corrected chi connectivity index (χ1v) is 11.2. The third-order valence-corrected chi connectivity index (χ3v) is 5.58. The molecule has 3 N–H and O–H groups in total. The van der Waals surface area contributed by atoms with Gasteiger partial charge < -0.3 is 20.1 Å². The molecule has 8 heteroatoms. The van der Waals surface area contributed by atoms with E-state index in [0.717, 1.165) is 17.6 Å². The fourth-order valence-corrected chi connectivity index (χ4v) is 3.95. The second-order valence-electron chi connectivity index (χ2n) is 8.34. The molecule has 0 fully saturated rings. The van der Waals surface area contributed by atoms with Crippen LogP contribution in [-0.2, 0) is 17.8 Å². The number of hydrogen-bond acceptors (Lipinski definition) is 5. The topological polar surface area (TPSA) is 102 Å². The number of H-pyrrole nitrogens is 1. The second kappa shape index (κ2) is 10.1. The summed E-state index contributed by atoms with van der Waals surface area (Å²) in [6.45, 7) is 0.822. The molecule has 0 spiro atoms. The van der Waals surface area contributed by atoms with Crippen LogP contribution in [0.25, 0.3) is 10.9 Å². The van der Waals surface area contributed by atoms with Crippen LogP contribution in [0.5, 0.6) is 5.88 Å². The number of aromatic hydroxyl groups is 1. The molecule has 0 amide bonds. The highest BCUT2D eigenvalue weighted by Crippen LogP contribution is 2.33. The zero-order valence-electron chi connectivity index (χ0n) is 18.9. The second-order valence-corrected chi connectivity index (χ2v) is 8.77. The van der Waals surface area contributed by atoms with Crippen LogP contribution >= 0.6 is 11.6 Å². The minimum absolute atomic E-state index is 0.0105. The summed E-state index contributed by atoms with van der Waals surface area (Å²) in [5.41, 5.74) is 5.05. The maximum absolute atomic E-state index is 10.9. The van der Waals surface area contributed by atoms with E-state index in [1.165, 1.54) is 5.56 Å². The summed E-state index contributed by atoms with van der Waals surface area (Å²) in [4.78, 5) is 25.3. The summed E-state index contributed by atoms with van der Waals surface area (Å²) < 4.78 is 0. The van der Waals surface area contributed by atoms with Crippen molar-refractivity contribution in [3.05, 3.63) is 88.2 Å². The molecule has 0 unspecified atom stereocenters. The van der Waals surface area contributed by atoms with Crippen LogP contribution in [0.2, 0.25) is 5.02 Å². The predicted molar refractivity (Wildman–Crippen MR) is 134 cm³/mol. The molecule has 0 aliphatic carbocycles. The minimum atomic E-state index is -0.867. The fraction of sp³-hybridized carbons (Fsp3) is 0.192. The number of carboxylic acid groups (broad SMARTS) is 1. The number of aromatic amines is 1. The van der Waals surface area contributed by atoms with Gasteiger partial charge in [-0.3, -0.25) is 9.78 Å². The van der Waals surface area contributed by atoms with E-state index >= 15 is 0 Å². The Bertz CT molecular complexity index is 1340. The molecule has 0 radical (unpaired) electrons. The van der Waals surface area contributed by atoms with E-state index < -0.39 is 5.97 Å². The van der Waals surface area contributed by atoms with Gasteiger partial charge in [0.05, 0.1) is 28.9 Å². The van der Waals surface area contributed by atoms with Crippen molar-refractivity contribution in [1.82, 2.24) is 14.9 Å². The van der Waals surface area contributed by atoms with Gasteiger partial charge in [-0.15, -0.1) is 0 Å². The fourth-order valence-electron chi connectivity index (χ4n) is 3.78. The van der Waals surface area contributed by atoms with Crippen LogP contribution in [-0.4, -0.2) is 50.9 Å². The molecule has 34 heavy (non-hydrogen) atoms. The van der Waals surface area contributed by atoms with Gasteiger partial charge in [-0.25, -0.2) is 4.99 Å². The highest BCUT2D eigenvalue weighted by Gasteiger charge is 2.19. The van der Waals surface area contributed by atoms with E-state index in [1.807, 2.05) is 50.5 Å². The smallest absolute Gasteiger partial charge is 0.303 e.